The lowest BCUT2D eigenvalue weighted by Crippen LogP contribution is -2.17. The predicted octanol–water partition coefficient (Wildman–Crippen LogP) is 4.08. The molecule has 0 radical (unpaired) electrons. The van der Waals surface area contributed by atoms with Crippen molar-refractivity contribution in [1.29, 1.82) is 0 Å². The van der Waals surface area contributed by atoms with E-state index in [4.69, 9.17) is 11.6 Å². The number of hydrogen-bond donors (Lipinski definition) is 0. The van der Waals surface area contributed by atoms with Crippen molar-refractivity contribution >= 4 is 29.7 Å². The van der Waals surface area contributed by atoms with E-state index in [1.165, 1.54) is 18.6 Å². The number of aromatic nitrogens is 3. The van der Waals surface area contributed by atoms with Crippen molar-refractivity contribution in [1.82, 2.24) is 14.8 Å². The summed E-state index contributed by atoms with van der Waals surface area (Å²) in [6.07, 6.45) is -1.42. The van der Waals surface area contributed by atoms with Gasteiger partial charge in [-0.3, -0.25) is 4.79 Å². The number of nitrogens with zero attached hydrogens (tertiary/aromatic N) is 3. The minimum atomic E-state index is -4.87. The summed E-state index contributed by atoms with van der Waals surface area (Å²) in [5.74, 6) is -1.96. The molecule has 28 heavy (non-hydrogen) atoms. The Labute approximate surface area is 162 Å². The number of hydrogen-bond acceptors (Lipinski definition) is 6. The Kier molecular flexibility index (Phi) is 6.79. The zero-order valence-corrected chi connectivity index (χ0v) is 15.5. The monoisotopic (exact) mass is 417 g/mol. The van der Waals surface area contributed by atoms with Crippen LogP contribution in [0.3, 0.4) is 0 Å². The van der Waals surface area contributed by atoms with E-state index in [9.17, 15) is 22.8 Å². The number of carbonyl (C=O) groups excluding carboxylic acids is 2. The van der Waals surface area contributed by atoms with Crippen LogP contribution in [-0.4, -0.2) is 33.1 Å². The van der Waals surface area contributed by atoms with Gasteiger partial charge in [-0.1, -0.05) is 25.4 Å². The first-order chi connectivity index (χ1) is 13.0. The Morgan fingerprint density at radius 3 is 2.64 bits per heavy atom. The van der Waals surface area contributed by atoms with Crippen molar-refractivity contribution in [2.24, 2.45) is 5.92 Å². The third kappa shape index (κ3) is 7.03. The lowest BCUT2D eigenvalue weighted by Gasteiger charge is -2.09. The maximum Gasteiger partial charge on any atom is 0.573 e. The van der Waals surface area contributed by atoms with E-state index in [-0.39, 0.29) is 28.7 Å². The molecule has 1 heterocycles. The van der Waals surface area contributed by atoms with Crippen LogP contribution in [0, 0.1) is 5.92 Å². The molecule has 0 N–H and O–H groups in total. The van der Waals surface area contributed by atoms with Crippen LogP contribution in [0.2, 0.25) is 5.02 Å². The SMILES string of the molecule is CC(C)CC(=O)OC(=O)/C=C\n1cnc(-c2cc(Cl)cc(OC(F)(F)F)c2)n1. The molecule has 0 aliphatic carbocycles. The molecule has 150 valence electrons. The molecule has 0 atom stereocenters. The van der Waals surface area contributed by atoms with E-state index in [2.05, 4.69) is 19.6 Å². The molecule has 0 unspecified atom stereocenters. The Morgan fingerprint density at radius 2 is 2.00 bits per heavy atom. The molecular weight excluding hydrogens is 403 g/mol. The van der Waals surface area contributed by atoms with Gasteiger partial charge in [0.05, 0.1) is 0 Å². The van der Waals surface area contributed by atoms with Crippen LogP contribution in [0.5, 0.6) is 5.75 Å². The predicted molar refractivity (Wildman–Crippen MR) is 93.0 cm³/mol. The number of ether oxygens (including phenoxy) is 2. The summed E-state index contributed by atoms with van der Waals surface area (Å²) in [6.45, 7) is 3.61. The summed E-state index contributed by atoms with van der Waals surface area (Å²) in [5, 5.41) is 3.99. The smallest absolute Gasteiger partial charge is 0.406 e. The quantitative estimate of drug-likeness (QED) is 0.400. The maximum absolute atomic E-state index is 12.4. The first kappa shape index (κ1) is 21.4. The fourth-order valence-corrected chi connectivity index (χ4v) is 2.25. The summed E-state index contributed by atoms with van der Waals surface area (Å²) in [4.78, 5) is 26.9. The summed E-state index contributed by atoms with van der Waals surface area (Å²) >= 11 is 5.81. The van der Waals surface area contributed by atoms with E-state index < -0.39 is 24.1 Å². The standard InChI is InChI=1S/C17H15ClF3N3O4/c1-10(2)5-15(26)27-14(25)3-4-24-9-22-16(23-24)11-6-12(18)8-13(7-11)28-17(19,20)21/h3-4,6-10H,5H2,1-2H3/b4-3-. The summed E-state index contributed by atoms with van der Waals surface area (Å²) in [6, 6.07) is 3.42. The van der Waals surface area contributed by atoms with Crippen molar-refractivity contribution in [3.63, 3.8) is 0 Å². The molecule has 0 saturated heterocycles. The number of halogens is 4. The van der Waals surface area contributed by atoms with Gasteiger partial charge in [-0.25, -0.2) is 14.5 Å². The largest absolute Gasteiger partial charge is 0.573 e. The molecule has 1 aromatic carbocycles. The third-order valence-corrected chi connectivity index (χ3v) is 3.24. The van der Waals surface area contributed by atoms with Crippen LogP contribution >= 0.6 is 11.6 Å². The number of carbonyl (C=O) groups is 2. The number of rotatable bonds is 6. The highest BCUT2D eigenvalue weighted by molar-refractivity contribution is 6.31. The van der Waals surface area contributed by atoms with Gasteiger partial charge < -0.3 is 9.47 Å². The van der Waals surface area contributed by atoms with Gasteiger partial charge in [-0.2, -0.15) is 0 Å². The molecule has 1 aromatic heterocycles. The van der Waals surface area contributed by atoms with Gasteiger partial charge in [0.1, 0.15) is 12.1 Å². The first-order valence-electron chi connectivity index (χ1n) is 7.92. The average molecular weight is 418 g/mol. The molecule has 2 rings (SSSR count). The molecule has 0 fully saturated rings. The topological polar surface area (TPSA) is 83.3 Å². The second-order valence-electron chi connectivity index (χ2n) is 5.98. The molecule has 0 saturated carbocycles. The summed E-state index contributed by atoms with van der Waals surface area (Å²) in [7, 11) is 0. The van der Waals surface area contributed by atoms with Crippen LogP contribution < -0.4 is 4.74 Å². The minimum Gasteiger partial charge on any atom is -0.406 e. The van der Waals surface area contributed by atoms with Gasteiger partial charge in [0, 0.05) is 29.3 Å². The van der Waals surface area contributed by atoms with Crippen LogP contribution in [0.15, 0.2) is 30.6 Å². The molecular formula is C17H15ClF3N3O4. The first-order valence-corrected chi connectivity index (χ1v) is 8.30. The van der Waals surface area contributed by atoms with Crippen LogP contribution in [-0.2, 0) is 14.3 Å². The van der Waals surface area contributed by atoms with Crippen LogP contribution in [0.1, 0.15) is 20.3 Å². The van der Waals surface area contributed by atoms with Crippen molar-refractivity contribution in [3.05, 3.63) is 35.6 Å². The second kappa shape index (κ2) is 8.87. The zero-order valence-electron chi connectivity index (χ0n) is 14.7. The van der Waals surface area contributed by atoms with Crippen LogP contribution in [0.25, 0.3) is 17.6 Å². The van der Waals surface area contributed by atoms with Gasteiger partial charge in [-0.05, 0) is 24.1 Å². The summed E-state index contributed by atoms with van der Waals surface area (Å²) < 4.78 is 46.7. The van der Waals surface area contributed by atoms with Gasteiger partial charge in [0.25, 0.3) is 0 Å². The number of alkyl halides is 3. The van der Waals surface area contributed by atoms with E-state index in [0.717, 1.165) is 22.9 Å². The van der Waals surface area contributed by atoms with E-state index >= 15 is 0 Å². The lowest BCUT2D eigenvalue weighted by atomic mass is 10.1. The number of benzene rings is 1. The molecule has 2 aromatic rings. The lowest BCUT2D eigenvalue weighted by molar-refractivity contribution is -0.274. The fourth-order valence-electron chi connectivity index (χ4n) is 2.02. The van der Waals surface area contributed by atoms with Gasteiger partial charge >= 0.3 is 18.3 Å². The molecule has 11 heteroatoms. The van der Waals surface area contributed by atoms with Gasteiger partial charge in [-0.15, -0.1) is 18.3 Å². The van der Waals surface area contributed by atoms with Crippen molar-refractivity contribution < 1.29 is 32.2 Å². The Morgan fingerprint density at radius 1 is 1.29 bits per heavy atom. The molecule has 0 aliphatic rings. The highest BCUT2D eigenvalue weighted by Crippen LogP contribution is 2.30. The average Bonchev–Trinajstić information content (AvgIpc) is 2.98. The maximum atomic E-state index is 12.4. The molecule has 7 nitrogen and oxygen atoms in total. The highest BCUT2D eigenvalue weighted by Gasteiger charge is 2.31. The van der Waals surface area contributed by atoms with Crippen molar-refractivity contribution in [2.75, 3.05) is 0 Å². The fraction of sp³-hybridized carbons (Fsp3) is 0.294. The van der Waals surface area contributed by atoms with Gasteiger partial charge in [0.15, 0.2) is 5.82 Å². The summed E-state index contributed by atoms with van der Waals surface area (Å²) in [5.41, 5.74) is 0.175. The third-order valence-electron chi connectivity index (χ3n) is 3.02. The Bertz CT molecular complexity index is 894. The molecule has 0 bridgehead atoms. The Balaban J connectivity index is 2.09. The Hall–Kier alpha value is -2.88. The normalized spacial score (nSPS) is 11.8. The van der Waals surface area contributed by atoms with E-state index in [1.54, 1.807) is 13.8 Å². The molecule has 0 spiro atoms. The molecule has 0 aliphatic heterocycles. The minimum absolute atomic E-state index is 0.00381. The van der Waals surface area contributed by atoms with Gasteiger partial charge in [0.2, 0.25) is 0 Å². The van der Waals surface area contributed by atoms with E-state index in [0.29, 0.717) is 0 Å². The highest BCUT2D eigenvalue weighted by atomic mass is 35.5. The van der Waals surface area contributed by atoms with Crippen LogP contribution in [0.4, 0.5) is 13.2 Å². The number of esters is 2. The zero-order chi connectivity index (χ0) is 20.9. The van der Waals surface area contributed by atoms with E-state index in [1.807, 2.05) is 0 Å². The second-order valence-corrected chi connectivity index (χ2v) is 6.41. The van der Waals surface area contributed by atoms with Crippen molar-refractivity contribution in [3.8, 4) is 17.1 Å². The molecule has 0 amide bonds. The van der Waals surface area contributed by atoms with Crippen molar-refractivity contribution in [2.45, 2.75) is 26.6 Å².